The molecule has 0 saturated carbocycles. The van der Waals surface area contributed by atoms with Crippen molar-refractivity contribution in [2.24, 2.45) is 7.05 Å². The topological polar surface area (TPSA) is 69.0 Å². The first-order valence-corrected chi connectivity index (χ1v) is 6.02. The summed E-state index contributed by atoms with van der Waals surface area (Å²) in [5, 5.41) is 6.60. The number of hydrogen-bond donors (Lipinski definition) is 1. The Hall–Kier alpha value is -2.44. The minimum Gasteiger partial charge on any atom is -0.494 e. The van der Waals surface area contributed by atoms with Crippen molar-refractivity contribution in [3.63, 3.8) is 0 Å². The number of hydrogen-bond acceptors (Lipinski definition) is 4. The largest absolute Gasteiger partial charge is 0.494 e. The third-order valence-corrected chi connectivity index (χ3v) is 2.91. The number of halogens is 1. The minimum atomic E-state index is -0.683. The van der Waals surface area contributed by atoms with Crippen molar-refractivity contribution in [1.82, 2.24) is 20.1 Å². The van der Waals surface area contributed by atoms with E-state index in [9.17, 15) is 9.18 Å². The van der Waals surface area contributed by atoms with Gasteiger partial charge in [0.1, 0.15) is 12.2 Å². The molecule has 1 unspecified atom stereocenters. The molecule has 0 aliphatic rings. The highest BCUT2D eigenvalue weighted by atomic mass is 19.1. The summed E-state index contributed by atoms with van der Waals surface area (Å²) in [6, 6.07) is 4.03. The number of nitrogens with zero attached hydrogens (tertiary/aromatic N) is 3. The third kappa shape index (κ3) is 2.61. The lowest BCUT2D eigenvalue weighted by molar-refractivity contribution is 0.0933. The zero-order valence-electron chi connectivity index (χ0n) is 11.4. The maximum atomic E-state index is 14.0. The molecular formula is C13H15FN4O2. The van der Waals surface area contributed by atoms with Gasteiger partial charge in [0.2, 0.25) is 0 Å². The Bertz CT molecular complexity index is 627. The van der Waals surface area contributed by atoms with Crippen molar-refractivity contribution < 1.29 is 13.9 Å². The Morgan fingerprint density at radius 2 is 2.25 bits per heavy atom. The van der Waals surface area contributed by atoms with Crippen LogP contribution < -0.4 is 10.1 Å². The predicted molar refractivity (Wildman–Crippen MR) is 69.8 cm³/mol. The Morgan fingerprint density at radius 1 is 1.50 bits per heavy atom. The number of benzene rings is 1. The summed E-state index contributed by atoms with van der Waals surface area (Å²) < 4.78 is 20.4. The Labute approximate surface area is 115 Å². The van der Waals surface area contributed by atoms with Crippen molar-refractivity contribution in [3.05, 3.63) is 41.7 Å². The number of nitrogens with one attached hydrogen (secondary N) is 1. The number of ether oxygens (including phenoxy) is 1. The smallest absolute Gasteiger partial charge is 0.254 e. The molecule has 20 heavy (non-hydrogen) atoms. The lowest BCUT2D eigenvalue weighted by atomic mass is 10.1. The molecule has 0 spiro atoms. The average molecular weight is 278 g/mol. The lowest BCUT2D eigenvalue weighted by Gasteiger charge is -2.14. The van der Waals surface area contributed by atoms with Crippen LogP contribution in [0.2, 0.25) is 0 Å². The van der Waals surface area contributed by atoms with E-state index in [0.29, 0.717) is 5.82 Å². The maximum absolute atomic E-state index is 14.0. The second-order valence-corrected chi connectivity index (χ2v) is 4.26. The van der Waals surface area contributed by atoms with Gasteiger partial charge in [0.25, 0.3) is 5.91 Å². The quantitative estimate of drug-likeness (QED) is 0.919. The molecule has 1 N–H and O–H groups in total. The van der Waals surface area contributed by atoms with Crippen LogP contribution in [0.5, 0.6) is 5.75 Å². The molecule has 2 rings (SSSR count). The van der Waals surface area contributed by atoms with Gasteiger partial charge in [-0.1, -0.05) is 6.07 Å². The van der Waals surface area contributed by atoms with E-state index in [1.54, 1.807) is 24.7 Å². The zero-order valence-corrected chi connectivity index (χ0v) is 11.4. The zero-order chi connectivity index (χ0) is 14.7. The molecule has 0 aliphatic heterocycles. The van der Waals surface area contributed by atoms with Gasteiger partial charge in [-0.25, -0.2) is 9.37 Å². The van der Waals surface area contributed by atoms with E-state index in [4.69, 9.17) is 4.74 Å². The second-order valence-electron chi connectivity index (χ2n) is 4.26. The van der Waals surface area contributed by atoms with Gasteiger partial charge in [-0.3, -0.25) is 9.48 Å². The molecule has 6 nitrogen and oxygen atoms in total. The van der Waals surface area contributed by atoms with Crippen LogP contribution in [-0.2, 0) is 7.05 Å². The lowest BCUT2D eigenvalue weighted by Crippen LogP contribution is -2.29. The molecule has 1 aromatic carbocycles. The highest BCUT2D eigenvalue weighted by Crippen LogP contribution is 2.20. The summed E-state index contributed by atoms with van der Waals surface area (Å²) in [6.07, 6.45) is 1.39. The number of aromatic nitrogens is 3. The molecule has 1 amide bonds. The van der Waals surface area contributed by atoms with Crippen LogP contribution in [0, 0.1) is 5.82 Å². The van der Waals surface area contributed by atoms with E-state index < -0.39 is 11.7 Å². The van der Waals surface area contributed by atoms with E-state index in [-0.39, 0.29) is 17.4 Å². The fraction of sp³-hybridized carbons (Fsp3) is 0.308. The molecule has 7 heteroatoms. The van der Waals surface area contributed by atoms with Gasteiger partial charge in [0.05, 0.1) is 18.7 Å². The molecule has 106 valence electrons. The van der Waals surface area contributed by atoms with Crippen LogP contribution in [0.4, 0.5) is 4.39 Å². The van der Waals surface area contributed by atoms with E-state index in [1.807, 2.05) is 0 Å². The van der Waals surface area contributed by atoms with E-state index in [1.165, 1.54) is 25.6 Å². The third-order valence-electron chi connectivity index (χ3n) is 2.91. The summed E-state index contributed by atoms with van der Waals surface area (Å²) in [5.41, 5.74) is -0.0710. The minimum absolute atomic E-state index is 0.0314. The summed E-state index contributed by atoms with van der Waals surface area (Å²) in [5.74, 6) is -0.597. The van der Waals surface area contributed by atoms with Crippen LogP contribution in [0.25, 0.3) is 0 Å². The molecule has 0 aliphatic carbocycles. The highest BCUT2D eigenvalue weighted by Gasteiger charge is 2.19. The Kier molecular flexibility index (Phi) is 3.97. The van der Waals surface area contributed by atoms with Gasteiger partial charge >= 0.3 is 0 Å². The number of carbonyl (C=O) groups is 1. The van der Waals surface area contributed by atoms with Gasteiger partial charge in [-0.15, -0.1) is 0 Å². The van der Waals surface area contributed by atoms with E-state index in [2.05, 4.69) is 15.4 Å². The fourth-order valence-electron chi connectivity index (χ4n) is 1.88. The summed E-state index contributed by atoms with van der Waals surface area (Å²) in [7, 11) is 3.07. The maximum Gasteiger partial charge on any atom is 0.254 e. The summed E-state index contributed by atoms with van der Waals surface area (Å²) >= 11 is 0. The first-order chi connectivity index (χ1) is 9.54. The second kappa shape index (κ2) is 5.68. The Balaban J connectivity index is 2.19. The highest BCUT2D eigenvalue weighted by molar-refractivity contribution is 5.95. The molecule has 1 aromatic heterocycles. The van der Waals surface area contributed by atoms with Gasteiger partial charge in [-0.2, -0.15) is 5.10 Å². The molecule has 0 fully saturated rings. The molecule has 2 aromatic rings. The predicted octanol–water partition coefficient (Wildman–Crippen LogP) is 1.45. The van der Waals surface area contributed by atoms with Gasteiger partial charge in [0, 0.05) is 7.05 Å². The van der Waals surface area contributed by atoms with Gasteiger partial charge < -0.3 is 10.1 Å². The van der Waals surface area contributed by atoms with Crippen molar-refractivity contribution in [1.29, 1.82) is 0 Å². The normalized spacial score (nSPS) is 12.0. The standard InChI is InChI=1S/C13H15FN4O2/c1-8(12-15-7-16-18(12)2)17-13(19)9-5-4-6-10(20-3)11(9)14/h4-8H,1-3H3,(H,17,19). The molecule has 0 saturated heterocycles. The number of aryl methyl sites for hydroxylation is 1. The SMILES string of the molecule is COc1cccc(C(=O)NC(C)c2ncnn2C)c1F. The van der Waals surface area contributed by atoms with Crippen LogP contribution in [-0.4, -0.2) is 27.8 Å². The van der Waals surface area contributed by atoms with Gasteiger partial charge in [-0.05, 0) is 19.1 Å². The number of amides is 1. The van der Waals surface area contributed by atoms with E-state index in [0.717, 1.165) is 0 Å². The average Bonchev–Trinajstić information content (AvgIpc) is 2.85. The first-order valence-electron chi connectivity index (χ1n) is 6.02. The molecule has 1 heterocycles. The van der Waals surface area contributed by atoms with Crippen LogP contribution >= 0.6 is 0 Å². The fourth-order valence-corrected chi connectivity index (χ4v) is 1.88. The summed E-state index contributed by atoms with van der Waals surface area (Å²) in [6.45, 7) is 1.75. The van der Waals surface area contributed by atoms with Crippen molar-refractivity contribution in [3.8, 4) is 5.75 Å². The van der Waals surface area contributed by atoms with Crippen LogP contribution in [0.3, 0.4) is 0 Å². The van der Waals surface area contributed by atoms with E-state index >= 15 is 0 Å². The molecular weight excluding hydrogens is 263 g/mol. The van der Waals surface area contributed by atoms with Crippen molar-refractivity contribution in [2.75, 3.05) is 7.11 Å². The molecule has 0 radical (unpaired) electrons. The molecule has 0 bridgehead atoms. The number of methoxy groups -OCH3 is 1. The van der Waals surface area contributed by atoms with Crippen molar-refractivity contribution in [2.45, 2.75) is 13.0 Å². The Morgan fingerprint density at radius 3 is 2.85 bits per heavy atom. The van der Waals surface area contributed by atoms with Crippen LogP contribution in [0.15, 0.2) is 24.5 Å². The van der Waals surface area contributed by atoms with Gasteiger partial charge in [0.15, 0.2) is 11.6 Å². The number of carbonyl (C=O) groups excluding carboxylic acids is 1. The van der Waals surface area contributed by atoms with Crippen LogP contribution in [0.1, 0.15) is 29.1 Å². The summed E-state index contributed by atoms with van der Waals surface area (Å²) in [4.78, 5) is 16.1. The first kappa shape index (κ1) is 14.0. The number of rotatable bonds is 4. The molecule has 1 atom stereocenters. The monoisotopic (exact) mass is 278 g/mol. The van der Waals surface area contributed by atoms with Crippen molar-refractivity contribution >= 4 is 5.91 Å².